The lowest BCUT2D eigenvalue weighted by Gasteiger charge is -2.22. The minimum atomic E-state index is -0.384. The zero-order valence-corrected chi connectivity index (χ0v) is 26.4. The molecule has 0 radical (unpaired) electrons. The van der Waals surface area contributed by atoms with E-state index in [1.807, 2.05) is 79.7 Å². The van der Waals surface area contributed by atoms with Crippen LogP contribution in [0, 0.1) is 6.92 Å². The summed E-state index contributed by atoms with van der Waals surface area (Å²) in [6.45, 7) is 2.10. The number of rotatable bonds is 11. The number of hydrogen-bond donors (Lipinski definition) is 1. The standard InChI is InChI=1S/C34H32N6O5S/c1-22-10-12-24(13-11-22)28-19-26(23-14-16-25(43-2)17-15-23)38-40(28)32(41)21-46-34-37-36-31(20-35-33(42)30-9-6-18-45-30)39(34)27-7-4-5-8-29(27)44-3/h4-18,28H,19-21H2,1-3H3,(H,35,42)/t28-/m1/s1. The van der Waals surface area contributed by atoms with Crippen LogP contribution in [0.25, 0.3) is 5.69 Å². The topological polar surface area (TPSA) is 124 Å². The second-order valence-corrected chi connectivity index (χ2v) is 11.4. The van der Waals surface area contributed by atoms with Gasteiger partial charge in [0.05, 0.1) is 50.2 Å². The summed E-state index contributed by atoms with van der Waals surface area (Å²) in [4.78, 5) is 26.5. The Morgan fingerprint density at radius 3 is 2.46 bits per heavy atom. The molecule has 3 heterocycles. The number of methoxy groups -OCH3 is 2. The lowest BCUT2D eigenvalue weighted by Crippen LogP contribution is -2.28. The second-order valence-electron chi connectivity index (χ2n) is 10.5. The molecular formula is C34H32N6O5S. The molecule has 6 rings (SSSR count). The average Bonchev–Trinajstić information content (AvgIpc) is 3.87. The predicted octanol–water partition coefficient (Wildman–Crippen LogP) is 5.59. The van der Waals surface area contributed by atoms with Gasteiger partial charge in [0, 0.05) is 6.42 Å². The first-order valence-electron chi connectivity index (χ1n) is 14.6. The second kappa shape index (κ2) is 13.7. The van der Waals surface area contributed by atoms with E-state index in [-0.39, 0.29) is 35.9 Å². The third-order valence-corrected chi connectivity index (χ3v) is 8.47. The summed E-state index contributed by atoms with van der Waals surface area (Å²) in [5.74, 6) is 1.47. The number of furan rings is 1. The van der Waals surface area contributed by atoms with E-state index in [0.29, 0.717) is 28.8 Å². The first-order chi connectivity index (χ1) is 22.4. The monoisotopic (exact) mass is 636 g/mol. The Morgan fingerprint density at radius 1 is 0.957 bits per heavy atom. The number of hydrazone groups is 1. The van der Waals surface area contributed by atoms with Crippen molar-refractivity contribution in [2.75, 3.05) is 20.0 Å². The number of carbonyl (C=O) groups excluding carboxylic acids is 2. The van der Waals surface area contributed by atoms with Crippen LogP contribution in [0.15, 0.2) is 106 Å². The Morgan fingerprint density at radius 2 is 1.74 bits per heavy atom. The minimum absolute atomic E-state index is 0.0494. The van der Waals surface area contributed by atoms with Gasteiger partial charge in [-0.15, -0.1) is 10.2 Å². The van der Waals surface area contributed by atoms with Crippen molar-refractivity contribution in [2.24, 2.45) is 5.10 Å². The van der Waals surface area contributed by atoms with Crippen molar-refractivity contribution in [2.45, 2.75) is 31.1 Å². The van der Waals surface area contributed by atoms with Crippen LogP contribution in [-0.2, 0) is 11.3 Å². The highest BCUT2D eigenvalue weighted by Gasteiger charge is 2.33. The van der Waals surface area contributed by atoms with Gasteiger partial charge in [-0.05, 0) is 66.6 Å². The fourth-order valence-corrected chi connectivity index (χ4v) is 5.97. The molecule has 1 atom stereocenters. The molecule has 0 spiro atoms. The van der Waals surface area contributed by atoms with Crippen LogP contribution >= 0.6 is 11.8 Å². The first kappa shape index (κ1) is 30.7. The highest BCUT2D eigenvalue weighted by Crippen LogP contribution is 2.35. The van der Waals surface area contributed by atoms with E-state index in [2.05, 4.69) is 15.5 Å². The molecule has 0 fully saturated rings. The number of carbonyl (C=O) groups is 2. The van der Waals surface area contributed by atoms with Gasteiger partial charge in [0.15, 0.2) is 16.7 Å². The highest BCUT2D eigenvalue weighted by atomic mass is 32.2. The lowest BCUT2D eigenvalue weighted by atomic mass is 9.97. The predicted molar refractivity (Wildman–Crippen MR) is 173 cm³/mol. The number of hydrogen-bond acceptors (Lipinski definition) is 9. The fourth-order valence-electron chi connectivity index (χ4n) is 5.16. The summed E-state index contributed by atoms with van der Waals surface area (Å²) in [5, 5.41) is 18.4. The van der Waals surface area contributed by atoms with Gasteiger partial charge < -0.3 is 19.2 Å². The van der Waals surface area contributed by atoms with Crippen molar-refractivity contribution in [3.8, 4) is 17.2 Å². The van der Waals surface area contributed by atoms with E-state index in [1.165, 1.54) is 18.0 Å². The molecule has 1 aliphatic heterocycles. The third kappa shape index (κ3) is 6.52. The van der Waals surface area contributed by atoms with Crippen molar-refractivity contribution in [3.63, 3.8) is 0 Å². The van der Waals surface area contributed by atoms with E-state index in [4.69, 9.17) is 19.0 Å². The molecule has 3 aromatic carbocycles. The van der Waals surface area contributed by atoms with Gasteiger partial charge in [-0.3, -0.25) is 14.2 Å². The fraction of sp³-hybridized carbons (Fsp3) is 0.206. The molecule has 0 bridgehead atoms. The summed E-state index contributed by atoms with van der Waals surface area (Å²) in [5.41, 5.74) is 4.56. The summed E-state index contributed by atoms with van der Waals surface area (Å²) in [6.07, 6.45) is 2.01. The number of nitrogens with one attached hydrogen (secondary N) is 1. The Kier molecular flexibility index (Phi) is 9.15. The molecule has 2 aromatic heterocycles. The number of para-hydroxylation sites is 2. The van der Waals surface area contributed by atoms with Crippen molar-refractivity contribution in [3.05, 3.63) is 119 Å². The molecular weight excluding hydrogens is 604 g/mol. The molecule has 1 aliphatic rings. The van der Waals surface area contributed by atoms with E-state index in [1.54, 1.807) is 35.9 Å². The van der Waals surface area contributed by atoms with Crippen LogP contribution in [-0.4, -0.2) is 57.3 Å². The van der Waals surface area contributed by atoms with Crippen LogP contribution in [0.4, 0.5) is 0 Å². The number of nitrogens with zero attached hydrogens (tertiary/aromatic N) is 5. The van der Waals surface area contributed by atoms with Gasteiger partial charge in [-0.1, -0.05) is 53.7 Å². The third-order valence-electron chi connectivity index (χ3n) is 7.55. The van der Waals surface area contributed by atoms with Crippen LogP contribution in [0.1, 0.15) is 45.5 Å². The van der Waals surface area contributed by atoms with Gasteiger partial charge in [0.1, 0.15) is 11.5 Å². The van der Waals surface area contributed by atoms with Crippen molar-refractivity contribution < 1.29 is 23.5 Å². The van der Waals surface area contributed by atoms with Gasteiger partial charge in [-0.25, -0.2) is 5.01 Å². The number of benzene rings is 3. The van der Waals surface area contributed by atoms with Gasteiger partial charge in [0.25, 0.3) is 11.8 Å². The van der Waals surface area contributed by atoms with E-state index in [0.717, 1.165) is 28.2 Å². The largest absolute Gasteiger partial charge is 0.497 e. The minimum Gasteiger partial charge on any atom is -0.497 e. The average molecular weight is 637 g/mol. The zero-order chi connectivity index (χ0) is 32.0. The number of aromatic nitrogens is 3. The number of aryl methyl sites for hydroxylation is 1. The maximum absolute atomic E-state index is 13.9. The summed E-state index contributed by atoms with van der Waals surface area (Å²) in [6, 6.07) is 26.2. The molecule has 46 heavy (non-hydrogen) atoms. The molecule has 234 valence electrons. The Hall–Kier alpha value is -5.36. The van der Waals surface area contributed by atoms with Gasteiger partial charge in [0.2, 0.25) is 0 Å². The summed E-state index contributed by atoms with van der Waals surface area (Å²) >= 11 is 1.24. The smallest absolute Gasteiger partial charge is 0.287 e. The molecule has 0 saturated carbocycles. The van der Waals surface area contributed by atoms with Crippen molar-refractivity contribution >= 4 is 29.3 Å². The van der Waals surface area contributed by atoms with Gasteiger partial charge in [-0.2, -0.15) is 5.10 Å². The zero-order valence-electron chi connectivity index (χ0n) is 25.5. The Balaban J connectivity index is 1.27. The van der Waals surface area contributed by atoms with Gasteiger partial charge >= 0.3 is 0 Å². The Labute approximate surface area is 270 Å². The maximum Gasteiger partial charge on any atom is 0.287 e. The quantitative estimate of drug-likeness (QED) is 0.186. The van der Waals surface area contributed by atoms with E-state index >= 15 is 0 Å². The van der Waals surface area contributed by atoms with Crippen LogP contribution in [0.3, 0.4) is 0 Å². The molecule has 1 N–H and O–H groups in total. The van der Waals surface area contributed by atoms with Crippen LogP contribution in [0.5, 0.6) is 11.5 Å². The molecule has 0 saturated heterocycles. The van der Waals surface area contributed by atoms with Crippen molar-refractivity contribution in [1.82, 2.24) is 25.1 Å². The highest BCUT2D eigenvalue weighted by molar-refractivity contribution is 7.99. The maximum atomic E-state index is 13.9. The summed E-state index contributed by atoms with van der Waals surface area (Å²) < 4.78 is 17.9. The number of thioether (sulfide) groups is 1. The van der Waals surface area contributed by atoms with E-state index < -0.39 is 0 Å². The number of amides is 2. The first-order valence-corrected chi connectivity index (χ1v) is 15.6. The van der Waals surface area contributed by atoms with Crippen LogP contribution in [0.2, 0.25) is 0 Å². The molecule has 0 aliphatic carbocycles. The normalized spacial score (nSPS) is 14.2. The van der Waals surface area contributed by atoms with E-state index in [9.17, 15) is 9.59 Å². The number of ether oxygens (including phenoxy) is 2. The molecule has 2 amide bonds. The molecule has 5 aromatic rings. The summed E-state index contributed by atoms with van der Waals surface area (Å²) in [7, 11) is 3.21. The lowest BCUT2D eigenvalue weighted by molar-refractivity contribution is -0.130. The molecule has 12 heteroatoms. The molecule has 0 unspecified atom stereocenters. The van der Waals surface area contributed by atoms with Crippen LogP contribution < -0.4 is 14.8 Å². The SMILES string of the molecule is COc1ccc(C2=NN(C(=O)CSc3nnc(CNC(=O)c4ccco4)n3-c3ccccc3OC)[C@@H](c3ccc(C)cc3)C2)cc1. The molecule has 11 nitrogen and oxygen atoms in total. The Bertz CT molecular complexity index is 1850. The van der Waals surface area contributed by atoms with Crippen molar-refractivity contribution in [1.29, 1.82) is 0 Å².